The number of amides is 1. The van der Waals surface area contributed by atoms with Crippen molar-refractivity contribution in [1.82, 2.24) is 14.5 Å². The molecule has 0 spiro atoms. The molecule has 0 aliphatic carbocycles. The molecule has 28 heavy (non-hydrogen) atoms. The Labute approximate surface area is 167 Å². The van der Waals surface area contributed by atoms with Crippen LogP contribution in [-0.4, -0.2) is 20.4 Å². The van der Waals surface area contributed by atoms with E-state index in [1.807, 2.05) is 73.1 Å². The van der Waals surface area contributed by atoms with E-state index in [-0.39, 0.29) is 12.3 Å². The summed E-state index contributed by atoms with van der Waals surface area (Å²) in [6.07, 6.45) is 4.00. The van der Waals surface area contributed by atoms with Gasteiger partial charge >= 0.3 is 0 Å². The first-order valence-corrected chi connectivity index (χ1v) is 9.92. The molecule has 0 radical (unpaired) electrons. The largest absolute Gasteiger partial charge is 0.331 e. The van der Waals surface area contributed by atoms with E-state index in [4.69, 9.17) is 0 Å². The second kappa shape index (κ2) is 8.19. The third kappa shape index (κ3) is 4.35. The Kier molecular flexibility index (Phi) is 5.30. The van der Waals surface area contributed by atoms with Gasteiger partial charge in [0.15, 0.2) is 0 Å². The summed E-state index contributed by atoms with van der Waals surface area (Å²) in [5, 5.41) is 5.85. The van der Waals surface area contributed by atoms with Crippen LogP contribution in [0.15, 0.2) is 72.4 Å². The maximum Gasteiger partial charge on any atom is 0.230 e. The quantitative estimate of drug-likeness (QED) is 0.527. The number of benzene rings is 2. The Morgan fingerprint density at radius 2 is 2.00 bits per heavy atom. The molecule has 0 bridgehead atoms. The Morgan fingerprint density at radius 3 is 2.79 bits per heavy atom. The number of nitrogens with zero attached hydrogens (tertiary/aromatic N) is 3. The first-order valence-electron chi connectivity index (χ1n) is 9.04. The predicted molar refractivity (Wildman–Crippen MR) is 112 cm³/mol. The predicted octanol–water partition coefficient (Wildman–Crippen LogP) is 4.54. The highest BCUT2D eigenvalue weighted by Gasteiger charge is 2.10. The van der Waals surface area contributed by atoms with Gasteiger partial charge in [-0.25, -0.2) is 9.97 Å². The molecule has 4 rings (SSSR count). The van der Waals surface area contributed by atoms with Crippen molar-refractivity contribution in [2.24, 2.45) is 0 Å². The van der Waals surface area contributed by atoms with Crippen molar-refractivity contribution in [3.8, 4) is 10.6 Å². The van der Waals surface area contributed by atoms with Gasteiger partial charge in [0.2, 0.25) is 5.91 Å². The summed E-state index contributed by atoms with van der Waals surface area (Å²) in [6, 6.07) is 17.9. The number of hydrogen-bond acceptors (Lipinski definition) is 4. The number of aryl methyl sites for hydroxylation is 1. The Balaban J connectivity index is 1.40. The summed E-state index contributed by atoms with van der Waals surface area (Å²) in [5.74, 6) is 0.896. The van der Waals surface area contributed by atoms with Gasteiger partial charge < -0.3 is 9.88 Å². The number of imidazole rings is 1. The molecule has 2 aromatic heterocycles. The topological polar surface area (TPSA) is 59.8 Å². The van der Waals surface area contributed by atoms with Gasteiger partial charge in [-0.05, 0) is 24.6 Å². The molecule has 2 aromatic carbocycles. The minimum atomic E-state index is -0.0686. The summed E-state index contributed by atoms with van der Waals surface area (Å²) in [6.45, 7) is 2.70. The highest BCUT2D eigenvalue weighted by atomic mass is 32.1. The molecule has 0 saturated heterocycles. The molecule has 0 saturated carbocycles. The number of carbonyl (C=O) groups is 1. The lowest BCUT2D eigenvalue weighted by molar-refractivity contribution is -0.115. The molecular weight excluding hydrogens is 368 g/mol. The average Bonchev–Trinajstić information content (AvgIpc) is 3.32. The van der Waals surface area contributed by atoms with Crippen LogP contribution in [0.4, 0.5) is 5.69 Å². The van der Waals surface area contributed by atoms with Crippen LogP contribution in [-0.2, 0) is 17.8 Å². The number of carbonyl (C=O) groups excluding carboxylic acids is 1. The van der Waals surface area contributed by atoms with Crippen LogP contribution in [0.2, 0.25) is 0 Å². The highest BCUT2D eigenvalue weighted by molar-refractivity contribution is 7.13. The van der Waals surface area contributed by atoms with Crippen molar-refractivity contribution in [1.29, 1.82) is 0 Å². The molecule has 0 unspecified atom stereocenters. The van der Waals surface area contributed by atoms with Gasteiger partial charge in [0.05, 0.1) is 12.1 Å². The minimum Gasteiger partial charge on any atom is -0.331 e. The molecule has 0 aliphatic rings. The van der Waals surface area contributed by atoms with Crippen LogP contribution in [0.25, 0.3) is 10.6 Å². The zero-order chi connectivity index (χ0) is 19.3. The van der Waals surface area contributed by atoms with Crippen molar-refractivity contribution < 1.29 is 4.79 Å². The lowest BCUT2D eigenvalue weighted by atomic mass is 10.2. The lowest BCUT2D eigenvalue weighted by Gasteiger charge is -2.09. The van der Waals surface area contributed by atoms with Crippen LogP contribution in [0.5, 0.6) is 0 Å². The Hall–Kier alpha value is -3.25. The second-order valence-corrected chi connectivity index (χ2v) is 7.40. The van der Waals surface area contributed by atoms with Crippen molar-refractivity contribution in [3.63, 3.8) is 0 Å². The first kappa shape index (κ1) is 18.1. The zero-order valence-electron chi connectivity index (χ0n) is 15.5. The highest BCUT2D eigenvalue weighted by Crippen LogP contribution is 2.23. The molecule has 4 aromatic rings. The molecule has 2 heterocycles. The average molecular weight is 388 g/mol. The molecular formula is C22H20N4OS. The summed E-state index contributed by atoms with van der Waals surface area (Å²) < 4.78 is 2.07. The van der Waals surface area contributed by atoms with Crippen molar-refractivity contribution in [2.75, 3.05) is 5.32 Å². The molecule has 0 fully saturated rings. The van der Waals surface area contributed by atoms with Crippen molar-refractivity contribution in [3.05, 3.63) is 89.5 Å². The third-order valence-electron chi connectivity index (χ3n) is 4.40. The lowest BCUT2D eigenvalue weighted by Crippen LogP contribution is -2.14. The van der Waals surface area contributed by atoms with Gasteiger partial charge in [-0.2, -0.15) is 0 Å². The van der Waals surface area contributed by atoms with E-state index < -0.39 is 0 Å². The zero-order valence-corrected chi connectivity index (χ0v) is 16.3. The fourth-order valence-electron chi connectivity index (χ4n) is 2.99. The normalized spacial score (nSPS) is 10.8. The van der Waals surface area contributed by atoms with Gasteiger partial charge in [-0.1, -0.05) is 42.5 Å². The van der Waals surface area contributed by atoms with Gasteiger partial charge in [-0.15, -0.1) is 11.3 Å². The molecule has 5 nitrogen and oxygen atoms in total. The van der Waals surface area contributed by atoms with Crippen LogP contribution < -0.4 is 5.32 Å². The standard InChI is InChI=1S/C22H20N4OS/c1-16-23-10-11-26(16)14-17-6-5-9-19(12-17)24-21(27)13-20-15-28-22(25-20)18-7-3-2-4-8-18/h2-12,15H,13-14H2,1H3,(H,24,27). The maximum atomic E-state index is 12.4. The van der Waals surface area contributed by atoms with E-state index in [1.165, 1.54) is 0 Å². The minimum absolute atomic E-state index is 0.0686. The number of anilines is 1. The summed E-state index contributed by atoms with van der Waals surface area (Å²) in [5.41, 5.74) is 3.76. The van der Waals surface area contributed by atoms with Crippen LogP contribution in [0.3, 0.4) is 0 Å². The smallest absolute Gasteiger partial charge is 0.230 e. The Morgan fingerprint density at radius 1 is 1.14 bits per heavy atom. The number of thiazole rings is 1. The monoisotopic (exact) mass is 388 g/mol. The van der Waals surface area contributed by atoms with Crippen LogP contribution in [0, 0.1) is 6.92 Å². The fourth-order valence-corrected chi connectivity index (χ4v) is 3.81. The summed E-state index contributed by atoms with van der Waals surface area (Å²) in [4.78, 5) is 21.3. The number of aromatic nitrogens is 3. The van der Waals surface area contributed by atoms with Crippen molar-refractivity contribution >= 4 is 22.9 Å². The van der Waals surface area contributed by atoms with E-state index in [0.717, 1.165) is 39.9 Å². The molecule has 0 atom stereocenters. The van der Waals surface area contributed by atoms with Crippen LogP contribution >= 0.6 is 11.3 Å². The van der Waals surface area contributed by atoms with Gasteiger partial charge in [0.25, 0.3) is 0 Å². The molecule has 0 aliphatic heterocycles. The number of rotatable bonds is 6. The number of nitrogens with one attached hydrogen (secondary N) is 1. The molecule has 1 N–H and O–H groups in total. The van der Waals surface area contributed by atoms with Gasteiger partial charge in [-0.3, -0.25) is 4.79 Å². The van der Waals surface area contributed by atoms with Crippen molar-refractivity contribution in [2.45, 2.75) is 19.9 Å². The van der Waals surface area contributed by atoms with E-state index >= 15 is 0 Å². The summed E-state index contributed by atoms with van der Waals surface area (Å²) in [7, 11) is 0. The fraction of sp³-hybridized carbons (Fsp3) is 0.136. The number of hydrogen-bond donors (Lipinski definition) is 1. The maximum absolute atomic E-state index is 12.4. The second-order valence-electron chi connectivity index (χ2n) is 6.54. The molecule has 1 amide bonds. The van der Waals surface area contributed by atoms with Gasteiger partial charge in [0.1, 0.15) is 10.8 Å². The van der Waals surface area contributed by atoms with Gasteiger partial charge in [0, 0.05) is 35.6 Å². The van der Waals surface area contributed by atoms with Crippen LogP contribution in [0.1, 0.15) is 17.1 Å². The van der Waals surface area contributed by atoms with E-state index in [2.05, 4.69) is 19.9 Å². The Bertz CT molecular complexity index is 1080. The third-order valence-corrected chi connectivity index (χ3v) is 5.34. The first-order chi connectivity index (χ1) is 13.7. The van der Waals surface area contributed by atoms with E-state index in [9.17, 15) is 4.79 Å². The summed E-state index contributed by atoms with van der Waals surface area (Å²) >= 11 is 1.56. The SMILES string of the molecule is Cc1nccn1Cc1cccc(NC(=O)Cc2csc(-c3ccccc3)n2)c1. The molecule has 6 heteroatoms. The van der Waals surface area contributed by atoms with E-state index in [1.54, 1.807) is 17.5 Å². The van der Waals surface area contributed by atoms with E-state index in [0.29, 0.717) is 0 Å². The molecule has 140 valence electrons.